The van der Waals surface area contributed by atoms with Crippen LogP contribution in [-0.4, -0.2) is 27.4 Å². The van der Waals surface area contributed by atoms with Crippen molar-refractivity contribution in [3.05, 3.63) is 41.9 Å². The van der Waals surface area contributed by atoms with Crippen molar-refractivity contribution < 1.29 is 9.21 Å². The van der Waals surface area contributed by atoms with E-state index in [0.29, 0.717) is 24.4 Å². The van der Waals surface area contributed by atoms with Crippen LogP contribution in [0.3, 0.4) is 0 Å². The molecule has 2 heterocycles. The number of hydrogen-bond acceptors (Lipinski definition) is 5. The molecule has 0 radical (unpaired) electrons. The molecule has 2 aromatic rings. The smallest absolute Gasteiger partial charge is 0.268 e. The molecule has 0 unspecified atom stereocenters. The Balaban J connectivity index is 2.03. The second-order valence-electron chi connectivity index (χ2n) is 4.36. The number of aryl methyl sites for hydroxylation is 1. The first kappa shape index (κ1) is 13.3. The van der Waals surface area contributed by atoms with Gasteiger partial charge in [-0.25, -0.2) is 10.8 Å². The summed E-state index contributed by atoms with van der Waals surface area (Å²) in [7, 11) is 3.87. The Morgan fingerprint density at radius 3 is 3.00 bits per heavy atom. The fraction of sp³-hybridized carbons (Fsp3) is 0.333. The Kier molecular flexibility index (Phi) is 3.98. The Morgan fingerprint density at radius 1 is 1.58 bits per heavy atom. The summed E-state index contributed by atoms with van der Waals surface area (Å²) in [6.07, 6.45) is 5.13. The molecule has 102 valence electrons. The van der Waals surface area contributed by atoms with Crippen molar-refractivity contribution in [1.29, 1.82) is 0 Å². The molecule has 0 atom stereocenters. The van der Waals surface area contributed by atoms with Crippen molar-refractivity contribution in [2.45, 2.75) is 13.1 Å². The fourth-order valence-corrected chi connectivity index (χ4v) is 1.83. The summed E-state index contributed by atoms with van der Waals surface area (Å²) < 4.78 is 7.27. The molecule has 0 bridgehead atoms. The largest absolute Gasteiger partial charge is 0.467 e. The molecule has 0 aliphatic heterocycles. The van der Waals surface area contributed by atoms with Crippen molar-refractivity contribution >= 4 is 5.91 Å². The maximum absolute atomic E-state index is 11.5. The van der Waals surface area contributed by atoms with Gasteiger partial charge in [-0.1, -0.05) is 0 Å². The monoisotopic (exact) mass is 263 g/mol. The van der Waals surface area contributed by atoms with Crippen LogP contribution in [-0.2, 0) is 20.1 Å². The summed E-state index contributed by atoms with van der Waals surface area (Å²) in [4.78, 5) is 17.8. The van der Waals surface area contributed by atoms with Gasteiger partial charge in [-0.05, 0) is 13.1 Å². The van der Waals surface area contributed by atoms with E-state index in [1.54, 1.807) is 12.3 Å². The lowest BCUT2D eigenvalue weighted by atomic mass is 10.2. The molecule has 0 aliphatic rings. The highest BCUT2D eigenvalue weighted by molar-refractivity contribution is 5.94. The molecule has 19 heavy (non-hydrogen) atoms. The molecule has 0 aromatic carbocycles. The first-order chi connectivity index (χ1) is 9.11. The van der Waals surface area contributed by atoms with E-state index in [4.69, 9.17) is 10.3 Å². The minimum Gasteiger partial charge on any atom is -0.467 e. The van der Waals surface area contributed by atoms with Crippen molar-refractivity contribution in [3.8, 4) is 0 Å². The van der Waals surface area contributed by atoms with Crippen LogP contribution in [0, 0.1) is 0 Å². The van der Waals surface area contributed by atoms with Gasteiger partial charge in [0.1, 0.15) is 11.6 Å². The molecule has 7 heteroatoms. The van der Waals surface area contributed by atoms with Gasteiger partial charge >= 0.3 is 0 Å². The van der Waals surface area contributed by atoms with Crippen molar-refractivity contribution in [2.75, 3.05) is 7.05 Å². The Labute approximate surface area is 111 Å². The minimum absolute atomic E-state index is 0.353. The molecule has 2 rings (SSSR count). The topological polar surface area (TPSA) is 89.3 Å². The summed E-state index contributed by atoms with van der Waals surface area (Å²) in [5, 5.41) is 0. The normalized spacial score (nSPS) is 10.9. The van der Waals surface area contributed by atoms with Crippen LogP contribution in [0.4, 0.5) is 0 Å². The number of rotatable bonds is 5. The molecule has 0 fully saturated rings. The van der Waals surface area contributed by atoms with Crippen LogP contribution < -0.4 is 11.3 Å². The molecule has 0 saturated carbocycles. The molecule has 0 spiro atoms. The zero-order valence-corrected chi connectivity index (χ0v) is 11.0. The molecular weight excluding hydrogens is 246 g/mol. The third kappa shape index (κ3) is 3.01. The van der Waals surface area contributed by atoms with E-state index in [2.05, 4.69) is 10.4 Å². The lowest BCUT2D eigenvalue weighted by Gasteiger charge is -2.15. The summed E-state index contributed by atoms with van der Waals surface area (Å²) >= 11 is 0. The number of furan rings is 1. The number of nitrogens with zero attached hydrogens (tertiary/aromatic N) is 3. The Morgan fingerprint density at radius 2 is 2.37 bits per heavy atom. The number of nitrogens with two attached hydrogens (primary N) is 1. The number of nitrogens with one attached hydrogen (secondary N) is 1. The maximum Gasteiger partial charge on any atom is 0.268 e. The average Bonchev–Trinajstić information content (AvgIpc) is 2.99. The van der Waals surface area contributed by atoms with E-state index in [0.717, 1.165) is 5.82 Å². The van der Waals surface area contributed by atoms with Gasteiger partial charge in [0.2, 0.25) is 0 Å². The maximum atomic E-state index is 11.5. The van der Waals surface area contributed by atoms with Crippen LogP contribution in [0.2, 0.25) is 0 Å². The zero-order chi connectivity index (χ0) is 13.8. The van der Waals surface area contributed by atoms with Crippen molar-refractivity contribution in [1.82, 2.24) is 19.9 Å². The summed E-state index contributed by atoms with van der Waals surface area (Å²) in [5.41, 5.74) is 2.55. The first-order valence-corrected chi connectivity index (χ1v) is 5.84. The van der Waals surface area contributed by atoms with Crippen LogP contribution in [0.15, 0.2) is 29.1 Å². The number of nitrogen functional groups attached to an aromatic ring is 1. The van der Waals surface area contributed by atoms with Gasteiger partial charge in [0, 0.05) is 19.4 Å². The number of carbonyl (C=O) groups is 1. The van der Waals surface area contributed by atoms with E-state index < -0.39 is 0 Å². The lowest BCUT2D eigenvalue weighted by molar-refractivity contribution is 0.0950. The van der Waals surface area contributed by atoms with E-state index in [-0.39, 0.29) is 5.91 Å². The number of imidazole rings is 1. The zero-order valence-electron chi connectivity index (χ0n) is 11.0. The summed E-state index contributed by atoms with van der Waals surface area (Å²) in [6, 6.07) is 1.60. The highest BCUT2D eigenvalue weighted by Crippen LogP contribution is 2.13. The van der Waals surface area contributed by atoms with Gasteiger partial charge in [0.25, 0.3) is 5.91 Å². The molecule has 2 aromatic heterocycles. The third-order valence-corrected chi connectivity index (χ3v) is 2.87. The summed E-state index contributed by atoms with van der Waals surface area (Å²) in [5.74, 6) is 6.30. The second-order valence-corrected chi connectivity index (χ2v) is 4.36. The first-order valence-electron chi connectivity index (χ1n) is 5.84. The number of carbonyl (C=O) groups excluding carboxylic acids is 1. The van der Waals surface area contributed by atoms with E-state index in [1.807, 2.05) is 29.8 Å². The van der Waals surface area contributed by atoms with Crippen molar-refractivity contribution in [2.24, 2.45) is 12.9 Å². The number of amides is 1. The highest BCUT2D eigenvalue weighted by atomic mass is 16.3. The van der Waals surface area contributed by atoms with Crippen LogP contribution in [0.1, 0.15) is 21.9 Å². The molecule has 7 nitrogen and oxygen atoms in total. The molecule has 3 N–H and O–H groups in total. The predicted octanol–water partition coefficient (Wildman–Crippen LogP) is 0.249. The fourth-order valence-electron chi connectivity index (χ4n) is 1.83. The quantitative estimate of drug-likeness (QED) is 0.458. The SMILES string of the molecule is CN(Cc1occc1C(=O)NN)Cc1nccn1C. The minimum atomic E-state index is -0.353. The van der Waals surface area contributed by atoms with Crippen LogP contribution in [0.25, 0.3) is 0 Å². The molecule has 1 amide bonds. The number of hydrogen-bond donors (Lipinski definition) is 2. The van der Waals surface area contributed by atoms with Gasteiger partial charge in [-0.3, -0.25) is 15.1 Å². The number of aromatic nitrogens is 2. The number of hydrazine groups is 1. The standard InChI is InChI=1S/C12H17N5O2/c1-16(8-11-14-4-5-17(11)2)7-10-9(3-6-19-10)12(18)15-13/h3-6H,7-8,13H2,1-2H3,(H,15,18). The van der Waals surface area contributed by atoms with E-state index in [9.17, 15) is 4.79 Å². The molecular formula is C12H17N5O2. The Bertz CT molecular complexity index is 560. The van der Waals surface area contributed by atoms with Crippen LogP contribution in [0.5, 0.6) is 0 Å². The predicted molar refractivity (Wildman–Crippen MR) is 68.7 cm³/mol. The third-order valence-electron chi connectivity index (χ3n) is 2.87. The van der Waals surface area contributed by atoms with Gasteiger partial charge < -0.3 is 8.98 Å². The molecule has 0 aliphatic carbocycles. The van der Waals surface area contributed by atoms with E-state index in [1.165, 1.54) is 6.26 Å². The highest BCUT2D eigenvalue weighted by Gasteiger charge is 2.15. The lowest BCUT2D eigenvalue weighted by Crippen LogP contribution is -2.31. The van der Waals surface area contributed by atoms with Crippen molar-refractivity contribution in [3.63, 3.8) is 0 Å². The molecule has 0 saturated heterocycles. The van der Waals surface area contributed by atoms with Crippen LogP contribution >= 0.6 is 0 Å². The Hall–Kier alpha value is -2.12. The van der Waals surface area contributed by atoms with Gasteiger partial charge in [0.05, 0.1) is 24.9 Å². The van der Waals surface area contributed by atoms with Gasteiger partial charge in [-0.15, -0.1) is 0 Å². The second kappa shape index (κ2) is 5.68. The summed E-state index contributed by atoms with van der Waals surface area (Å²) in [6.45, 7) is 1.16. The van der Waals surface area contributed by atoms with Gasteiger partial charge in [-0.2, -0.15) is 0 Å². The van der Waals surface area contributed by atoms with Gasteiger partial charge in [0.15, 0.2) is 0 Å². The average molecular weight is 263 g/mol. The van der Waals surface area contributed by atoms with E-state index >= 15 is 0 Å².